The van der Waals surface area contributed by atoms with Crippen LogP contribution in [0.15, 0.2) is 65.8 Å². The maximum absolute atomic E-state index is 12.4. The van der Waals surface area contributed by atoms with Crippen LogP contribution in [0.25, 0.3) is 0 Å². The van der Waals surface area contributed by atoms with Crippen LogP contribution < -0.4 is 5.43 Å². The third-order valence-corrected chi connectivity index (χ3v) is 2.92. The molecule has 3 heteroatoms. The van der Waals surface area contributed by atoms with Crippen molar-refractivity contribution in [1.82, 2.24) is 5.43 Å². The summed E-state index contributed by atoms with van der Waals surface area (Å²) in [5, 5.41) is 4.01. The van der Waals surface area contributed by atoms with Crippen LogP contribution in [0.1, 0.15) is 30.9 Å². The van der Waals surface area contributed by atoms with Gasteiger partial charge in [0.05, 0.1) is 5.92 Å². The van der Waals surface area contributed by atoms with E-state index in [1.807, 2.05) is 74.5 Å². The van der Waals surface area contributed by atoms with Crippen molar-refractivity contribution in [2.24, 2.45) is 5.10 Å². The summed E-state index contributed by atoms with van der Waals surface area (Å²) in [4.78, 5) is 12.4. The van der Waals surface area contributed by atoms with Crippen molar-refractivity contribution in [2.75, 3.05) is 0 Å². The highest BCUT2D eigenvalue weighted by Crippen LogP contribution is 2.24. The molecular weight excluding hydrogens is 248 g/mol. The van der Waals surface area contributed by atoms with Crippen molar-refractivity contribution in [3.8, 4) is 0 Å². The summed E-state index contributed by atoms with van der Waals surface area (Å²) in [6, 6.07) is 19.5. The van der Waals surface area contributed by atoms with Gasteiger partial charge in [-0.3, -0.25) is 4.79 Å². The molecule has 2 aromatic rings. The van der Waals surface area contributed by atoms with Gasteiger partial charge in [0.15, 0.2) is 0 Å². The maximum atomic E-state index is 12.4. The van der Waals surface area contributed by atoms with Gasteiger partial charge in [-0.15, -0.1) is 0 Å². The van der Waals surface area contributed by atoms with Crippen LogP contribution in [0.5, 0.6) is 0 Å². The molecule has 0 fully saturated rings. The number of carbonyl (C=O) groups excluding carboxylic acids is 1. The smallest absolute Gasteiger partial charge is 0.252 e. The number of hydrogen-bond acceptors (Lipinski definition) is 2. The fraction of sp³-hybridized carbons (Fsp3) is 0.176. The molecule has 0 aromatic heterocycles. The van der Waals surface area contributed by atoms with Gasteiger partial charge in [0.2, 0.25) is 0 Å². The molecule has 0 spiro atoms. The number of nitrogens with zero attached hydrogens (tertiary/aromatic N) is 1. The molecule has 0 unspecified atom stereocenters. The largest absolute Gasteiger partial charge is 0.272 e. The first-order chi connectivity index (χ1) is 9.68. The van der Waals surface area contributed by atoms with Gasteiger partial charge in [0, 0.05) is 5.71 Å². The molecule has 102 valence electrons. The van der Waals surface area contributed by atoms with Crippen LogP contribution >= 0.6 is 0 Å². The topological polar surface area (TPSA) is 41.5 Å². The summed E-state index contributed by atoms with van der Waals surface area (Å²) in [7, 11) is 0. The van der Waals surface area contributed by atoms with Gasteiger partial charge in [0.25, 0.3) is 5.91 Å². The third-order valence-electron chi connectivity index (χ3n) is 2.92. The first kappa shape index (κ1) is 14.0. The molecule has 0 radical (unpaired) electrons. The number of hydrazone groups is 1. The van der Waals surface area contributed by atoms with E-state index in [2.05, 4.69) is 10.5 Å². The van der Waals surface area contributed by atoms with Crippen molar-refractivity contribution < 1.29 is 4.79 Å². The molecule has 2 rings (SSSR count). The number of benzene rings is 2. The molecular formula is C17H18N2O. The van der Waals surface area contributed by atoms with E-state index < -0.39 is 0 Å². The molecule has 2 aromatic carbocycles. The van der Waals surface area contributed by atoms with Gasteiger partial charge in [-0.25, -0.2) is 5.43 Å². The molecule has 0 aliphatic heterocycles. The minimum atomic E-state index is -0.347. The second-order valence-corrected chi connectivity index (χ2v) is 4.79. The fourth-order valence-electron chi connectivity index (χ4n) is 2.02. The van der Waals surface area contributed by atoms with E-state index in [0.29, 0.717) is 0 Å². The van der Waals surface area contributed by atoms with E-state index >= 15 is 0 Å². The highest BCUT2D eigenvalue weighted by Gasteiger charge is 2.22. The van der Waals surface area contributed by atoms with Gasteiger partial charge in [-0.1, -0.05) is 60.7 Å². The molecule has 0 saturated heterocycles. The van der Waals surface area contributed by atoms with Crippen LogP contribution in [0.3, 0.4) is 0 Å². The SMILES string of the molecule is CC(C)=NNC(=O)C(c1ccccc1)c1ccccc1. The van der Waals surface area contributed by atoms with Crippen molar-refractivity contribution in [3.63, 3.8) is 0 Å². The molecule has 0 heterocycles. The van der Waals surface area contributed by atoms with E-state index in [1.165, 1.54) is 0 Å². The number of rotatable bonds is 4. The van der Waals surface area contributed by atoms with Crippen LogP contribution in [0.4, 0.5) is 0 Å². The lowest BCUT2D eigenvalue weighted by Gasteiger charge is -2.16. The molecule has 20 heavy (non-hydrogen) atoms. The second-order valence-electron chi connectivity index (χ2n) is 4.79. The van der Waals surface area contributed by atoms with Crippen LogP contribution in [0, 0.1) is 0 Å². The molecule has 0 bridgehead atoms. The van der Waals surface area contributed by atoms with E-state index in [-0.39, 0.29) is 11.8 Å². The molecule has 0 aliphatic rings. The van der Waals surface area contributed by atoms with Crippen molar-refractivity contribution in [3.05, 3.63) is 71.8 Å². The Morgan fingerprint density at radius 1 is 0.900 bits per heavy atom. The first-order valence-electron chi connectivity index (χ1n) is 6.59. The quantitative estimate of drug-likeness (QED) is 0.669. The highest BCUT2D eigenvalue weighted by molar-refractivity contribution is 5.88. The average Bonchev–Trinajstić information content (AvgIpc) is 2.48. The zero-order valence-corrected chi connectivity index (χ0v) is 11.7. The predicted molar refractivity (Wildman–Crippen MR) is 81.7 cm³/mol. The Morgan fingerprint density at radius 2 is 1.35 bits per heavy atom. The minimum absolute atomic E-state index is 0.122. The Morgan fingerprint density at radius 3 is 1.75 bits per heavy atom. The predicted octanol–water partition coefficient (Wildman–Crippen LogP) is 3.33. The summed E-state index contributed by atoms with van der Waals surface area (Å²) in [6.07, 6.45) is 0. The lowest BCUT2D eigenvalue weighted by molar-refractivity contribution is -0.121. The van der Waals surface area contributed by atoms with Crippen LogP contribution in [-0.2, 0) is 4.79 Å². The number of nitrogens with one attached hydrogen (secondary N) is 1. The molecule has 0 saturated carbocycles. The molecule has 0 aliphatic carbocycles. The lowest BCUT2D eigenvalue weighted by Crippen LogP contribution is -2.26. The molecule has 1 amide bonds. The van der Waals surface area contributed by atoms with Crippen molar-refractivity contribution in [2.45, 2.75) is 19.8 Å². The number of hydrogen-bond donors (Lipinski definition) is 1. The van der Waals surface area contributed by atoms with E-state index in [4.69, 9.17) is 0 Å². The van der Waals surface area contributed by atoms with Crippen LogP contribution in [0.2, 0.25) is 0 Å². The Bertz CT molecular complexity index is 547. The highest BCUT2D eigenvalue weighted by atomic mass is 16.2. The van der Waals surface area contributed by atoms with Gasteiger partial charge in [0.1, 0.15) is 0 Å². The average molecular weight is 266 g/mol. The first-order valence-corrected chi connectivity index (χ1v) is 6.59. The number of amides is 1. The van der Waals surface area contributed by atoms with Gasteiger partial charge in [-0.2, -0.15) is 5.10 Å². The second kappa shape index (κ2) is 6.66. The summed E-state index contributed by atoms with van der Waals surface area (Å²) in [5.41, 5.74) is 5.36. The standard InChI is InChI=1S/C17H18N2O/c1-13(2)18-19-17(20)16(14-9-5-3-6-10-14)15-11-7-4-8-12-15/h3-12,16H,1-2H3,(H,19,20). The molecule has 3 nitrogen and oxygen atoms in total. The Kier molecular flexibility index (Phi) is 4.66. The van der Waals surface area contributed by atoms with E-state index in [0.717, 1.165) is 16.8 Å². The van der Waals surface area contributed by atoms with Crippen molar-refractivity contribution in [1.29, 1.82) is 0 Å². The Hall–Kier alpha value is -2.42. The summed E-state index contributed by atoms with van der Waals surface area (Å²) in [6.45, 7) is 3.70. The summed E-state index contributed by atoms with van der Waals surface area (Å²) in [5.74, 6) is -0.468. The normalized spacial score (nSPS) is 10.2. The van der Waals surface area contributed by atoms with Crippen molar-refractivity contribution >= 4 is 11.6 Å². The Balaban J connectivity index is 2.35. The molecule has 1 N–H and O–H groups in total. The number of carbonyl (C=O) groups is 1. The maximum Gasteiger partial charge on any atom is 0.252 e. The Labute approximate surface area is 119 Å². The van der Waals surface area contributed by atoms with Gasteiger partial charge < -0.3 is 0 Å². The summed E-state index contributed by atoms with van der Waals surface area (Å²) < 4.78 is 0. The van der Waals surface area contributed by atoms with Gasteiger partial charge >= 0.3 is 0 Å². The zero-order chi connectivity index (χ0) is 14.4. The van der Waals surface area contributed by atoms with E-state index in [1.54, 1.807) is 0 Å². The third kappa shape index (κ3) is 3.54. The van der Waals surface area contributed by atoms with Crippen LogP contribution in [-0.4, -0.2) is 11.6 Å². The van der Waals surface area contributed by atoms with E-state index in [9.17, 15) is 4.79 Å². The monoisotopic (exact) mass is 266 g/mol. The minimum Gasteiger partial charge on any atom is -0.272 e. The molecule has 0 atom stereocenters. The fourth-order valence-corrected chi connectivity index (χ4v) is 2.02. The van der Waals surface area contributed by atoms with Gasteiger partial charge in [-0.05, 0) is 25.0 Å². The lowest BCUT2D eigenvalue weighted by atomic mass is 9.91. The summed E-state index contributed by atoms with van der Waals surface area (Å²) >= 11 is 0. The zero-order valence-electron chi connectivity index (χ0n) is 11.7.